The van der Waals surface area contributed by atoms with Crippen LogP contribution in [0.1, 0.15) is 31.2 Å². The molecule has 1 aliphatic rings. The average molecular weight is 338 g/mol. The molecular formula is C15H18N2O3S2. The SMILES string of the molecule is Cn1ccc(/C=C2/SC(=S)N(CCCCCC(=O)O)C2=O)c1. The van der Waals surface area contributed by atoms with Gasteiger partial charge in [-0.3, -0.25) is 14.5 Å². The molecule has 2 rings (SSSR count). The van der Waals surface area contributed by atoms with Gasteiger partial charge in [0.05, 0.1) is 4.91 Å². The number of nitrogens with zero attached hydrogens (tertiary/aromatic N) is 2. The van der Waals surface area contributed by atoms with Gasteiger partial charge in [0, 0.05) is 32.4 Å². The molecule has 0 unspecified atom stereocenters. The molecule has 1 aliphatic heterocycles. The van der Waals surface area contributed by atoms with E-state index in [0.717, 1.165) is 18.4 Å². The second-order valence-corrected chi connectivity index (χ2v) is 6.82. The predicted octanol–water partition coefficient (Wildman–Crippen LogP) is 2.87. The van der Waals surface area contributed by atoms with Crippen molar-refractivity contribution in [2.24, 2.45) is 7.05 Å². The highest BCUT2D eigenvalue weighted by Gasteiger charge is 2.31. The molecule has 0 aliphatic carbocycles. The molecule has 1 saturated heterocycles. The zero-order chi connectivity index (χ0) is 16.1. The van der Waals surface area contributed by atoms with E-state index < -0.39 is 5.97 Å². The maximum atomic E-state index is 12.3. The molecule has 5 nitrogen and oxygen atoms in total. The maximum Gasteiger partial charge on any atom is 0.303 e. The molecule has 0 radical (unpaired) electrons. The van der Waals surface area contributed by atoms with Crippen molar-refractivity contribution in [1.82, 2.24) is 9.47 Å². The van der Waals surface area contributed by atoms with Gasteiger partial charge in [0.2, 0.25) is 0 Å². The van der Waals surface area contributed by atoms with Crippen molar-refractivity contribution in [1.29, 1.82) is 0 Å². The van der Waals surface area contributed by atoms with Crippen LogP contribution in [0.15, 0.2) is 23.4 Å². The lowest BCUT2D eigenvalue weighted by Gasteiger charge is -2.13. The van der Waals surface area contributed by atoms with Crippen molar-refractivity contribution in [3.63, 3.8) is 0 Å². The van der Waals surface area contributed by atoms with Gasteiger partial charge in [-0.25, -0.2) is 0 Å². The van der Waals surface area contributed by atoms with E-state index in [1.807, 2.05) is 36.2 Å². The zero-order valence-corrected chi connectivity index (χ0v) is 14.0. The van der Waals surface area contributed by atoms with Crippen molar-refractivity contribution >= 4 is 46.3 Å². The lowest BCUT2D eigenvalue weighted by molar-refractivity contribution is -0.137. The van der Waals surface area contributed by atoms with Gasteiger partial charge in [0.25, 0.3) is 5.91 Å². The summed E-state index contributed by atoms with van der Waals surface area (Å²) in [7, 11) is 1.93. The molecule has 1 N–H and O–H groups in total. The van der Waals surface area contributed by atoms with Crippen LogP contribution < -0.4 is 0 Å². The Labute approximate surface area is 139 Å². The van der Waals surface area contributed by atoms with E-state index in [2.05, 4.69) is 0 Å². The Morgan fingerprint density at radius 2 is 2.18 bits per heavy atom. The first-order valence-corrected chi connectivity index (χ1v) is 8.29. The van der Waals surface area contributed by atoms with Crippen LogP contribution >= 0.6 is 24.0 Å². The van der Waals surface area contributed by atoms with Crippen molar-refractivity contribution in [2.75, 3.05) is 6.54 Å². The molecular weight excluding hydrogens is 320 g/mol. The van der Waals surface area contributed by atoms with Crippen molar-refractivity contribution in [3.05, 3.63) is 28.9 Å². The quantitative estimate of drug-likeness (QED) is 0.470. The number of aromatic nitrogens is 1. The highest BCUT2D eigenvalue weighted by molar-refractivity contribution is 8.26. The molecule has 22 heavy (non-hydrogen) atoms. The van der Waals surface area contributed by atoms with Gasteiger partial charge in [0.1, 0.15) is 4.32 Å². The minimum atomic E-state index is -0.781. The second kappa shape index (κ2) is 7.60. The summed E-state index contributed by atoms with van der Waals surface area (Å²) in [5.41, 5.74) is 0.976. The van der Waals surface area contributed by atoms with Crippen LogP contribution in [0, 0.1) is 0 Å². The summed E-state index contributed by atoms with van der Waals surface area (Å²) in [5, 5.41) is 8.59. The standard InChI is InChI=1S/C15H18N2O3S2/c1-16-8-6-11(10-16)9-12-14(20)17(15(21)22-12)7-4-2-3-5-13(18)19/h6,8-10H,2-5,7H2,1H3,(H,18,19)/b12-9+. The Morgan fingerprint density at radius 3 is 2.82 bits per heavy atom. The Balaban J connectivity index is 1.89. The Bertz CT molecular complexity index is 622. The molecule has 7 heteroatoms. The molecule has 1 aromatic rings. The van der Waals surface area contributed by atoms with Gasteiger partial charge in [0.15, 0.2) is 0 Å². The van der Waals surface area contributed by atoms with Crippen LogP contribution in [0.2, 0.25) is 0 Å². The lowest BCUT2D eigenvalue weighted by Crippen LogP contribution is -2.29. The maximum absolute atomic E-state index is 12.3. The third kappa shape index (κ3) is 4.45. The highest BCUT2D eigenvalue weighted by atomic mass is 32.2. The predicted molar refractivity (Wildman–Crippen MR) is 91.4 cm³/mol. The first-order chi connectivity index (χ1) is 10.5. The normalized spacial score (nSPS) is 16.8. The Morgan fingerprint density at radius 1 is 1.41 bits per heavy atom. The largest absolute Gasteiger partial charge is 0.481 e. The van der Waals surface area contributed by atoms with Gasteiger partial charge >= 0.3 is 5.97 Å². The fourth-order valence-corrected chi connectivity index (χ4v) is 3.49. The minimum absolute atomic E-state index is 0.0583. The van der Waals surface area contributed by atoms with Crippen LogP contribution in [0.3, 0.4) is 0 Å². The third-order valence-corrected chi connectivity index (χ3v) is 4.68. The number of carboxylic acid groups (broad SMARTS) is 1. The number of thioether (sulfide) groups is 1. The van der Waals surface area contributed by atoms with Gasteiger partial charge < -0.3 is 9.67 Å². The van der Waals surface area contributed by atoms with Crippen LogP contribution in [-0.4, -0.2) is 37.3 Å². The number of unbranched alkanes of at least 4 members (excludes halogenated alkanes) is 2. The summed E-state index contributed by atoms with van der Waals surface area (Å²) < 4.78 is 2.50. The highest BCUT2D eigenvalue weighted by Crippen LogP contribution is 2.32. The number of carbonyl (C=O) groups excluding carboxylic acids is 1. The summed E-state index contributed by atoms with van der Waals surface area (Å²) in [6.45, 7) is 0.552. The number of aliphatic carboxylic acids is 1. The van der Waals surface area contributed by atoms with Crippen molar-refractivity contribution in [3.8, 4) is 0 Å². The summed E-state index contributed by atoms with van der Waals surface area (Å²) in [5.74, 6) is -0.839. The van der Waals surface area contributed by atoms with E-state index in [0.29, 0.717) is 22.2 Å². The number of thiocarbonyl (C=S) groups is 1. The van der Waals surface area contributed by atoms with Gasteiger partial charge in [-0.15, -0.1) is 0 Å². The minimum Gasteiger partial charge on any atom is -0.481 e. The van der Waals surface area contributed by atoms with Crippen LogP contribution in [0.4, 0.5) is 0 Å². The summed E-state index contributed by atoms with van der Waals surface area (Å²) in [6, 6.07) is 1.94. The summed E-state index contributed by atoms with van der Waals surface area (Å²) >= 11 is 6.58. The van der Waals surface area contributed by atoms with E-state index in [1.165, 1.54) is 11.8 Å². The molecule has 0 bridgehead atoms. The van der Waals surface area contributed by atoms with Crippen molar-refractivity contribution < 1.29 is 14.7 Å². The number of amides is 1. The topological polar surface area (TPSA) is 62.5 Å². The molecule has 1 amide bonds. The molecule has 0 aromatic carbocycles. The fraction of sp³-hybridized carbons (Fsp3) is 0.400. The fourth-order valence-electron chi connectivity index (χ4n) is 2.18. The molecule has 2 heterocycles. The molecule has 1 fully saturated rings. The molecule has 118 valence electrons. The summed E-state index contributed by atoms with van der Waals surface area (Å²) in [6.07, 6.45) is 8.06. The first-order valence-electron chi connectivity index (χ1n) is 7.06. The summed E-state index contributed by atoms with van der Waals surface area (Å²) in [4.78, 5) is 25.0. The number of carboxylic acids is 1. The van der Waals surface area contributed by atoms with Crippen LogP contribution in [-0.2, 0) is 16.6 Å². The average Bonchev–Trinajstić information content (AvgIpc) is 2.96. The van der Waals surface area contributed by atoms with E-state index in [9.17, 15) is 9.59 Å². The van der Waals surface area contributed by atoms with E-state index in [1.54, 1.807) is 4.90 Å². The van der Waals surface area contributed by atoms with E-state index in [4.69, 9.17) is 17.3 Å². The van der Waals surface area contributed by atoms with Gasteiger partial charge in [-0.05, 0) is 30.5 Å². The van der Waals surface area contributed by atoms with Gasteiger partial charge in [-0.1, -0.05) is 30.4 Å². The number of hydrogen-bond acceptors (Lipinski definition) is 4. The monoisotopic (exact) mass is 338 g/mol. The van der Waals surface area contributed by atoms with Crippen molar-refractivity contribution in [2.45, 2.75) is 25.7 Å². The smallest absolute Gasteiger partial charge is 0.303 e. The Hall–Kier alpha value is -1.60. The Kier molecular flexibility index (Phi) is 5.79. The second-order valence-electron chi connectivity index (χ2n) is 5.15. The van der Waals surface area contributed by atoms with E-state index >= 15 is 0 Å². The van der Waals surface area contributed by atoms with Crippen LogP contribution in [0.5, 0.6) is 0 Å². The zero-order valence-electron chi connectivity index (χ0n) is 12.3. The number of aryl methyl sites for hydroxylation is 1. The molecule has 0 atom stereocenters. The third-order valence-electron chi connectivity index (χ3n) is 3.30. The first kappa shape index (κ1) is 16.8. The number of hydrogen-bond donors (Lipinski definition) is 1. The van der Waals surface area contributed by atoms with E-state index in [-0.39, 0.29) is 12.3 Å². The number of rotatable bonds is 7. The molecule has 0 saturated carbocycles. The molecule has 1 aromatic heterocycles. The molecule has 0 spiro atoms. The lowest BCUT2D eigenvalue weighted by atomic mass is 10.2. The van der Waals surface area contributed by atoms with Crippen LogP contribution in [0.25, 0.3) is 6.08 Å². The van der Waals surface area contributed by atoms with Gasteiger partial charge in [-0.2, -0.15) is 0 Å². The number of carbonyl (C=O) groups is 2.